The van der Waals surface area contributed by atoms with Gasteiger partial charge in [-0.15, -0.1) is 6.58 Å². The Balaban J connectivity index is 0.000000934. The van der Waals surface area contributed by atoms with E-state index in [9.17, 15) is 9.59 Å². The quantitative estimate of drug-likeness (QED) is 0.283. The van der Waals surface area contributed by atoms with Gasteiger partial charge in [-0.1, -0.05) is 36.1 Å². The van der Waals surface area contributed by atoms with Crippen LogP contribution in [0.15, 0.2) is 40.7 Å². The number of pyridine rings is 1. The van der Waals surface area contributed by atoms with Gasteiger partial charge in [0.05, 0.1) is 10.5 Å². The van der Waals surface area contributed by atoms with Gasteiger partial charge in [-0.05, 0) is 65.2 Å². The smallest absolute Gasteiger partial charge is 0.300 e. The second-order valence-corrected chi connectivity index (χ2v) is 12.5. The highest BCUT2D eigenvalue weighted by atomic mass is 32.2. The van der Waals surface area contributed by atoms with Crippen molar-refractivity contribution in [2.24, 2.45) is 0 Å². The molecule has 0 spiro atoms. The summed E-state index contributed by atoms with van der Waals surface area (Å²) in [7, 11) is 0. The monoisotopic (exact) mass is 557 g/mol. The Hall–Kier alpha value is -3.02. The molecule has 204 valence electrons. The Morgan fingerprint density at radius 3 is 2.47 bits per heavy atom. The Morgan fingerprint density at radius 1 is 1.29 bits per heavy atom. The number of hydrogen-bond donors (Lipinski definition) is 3. The number of hydrogen-bond acceptors (Lipinski definition) is 8. The van der Waals surface area contributed by atoms with Gasteiger partial charge in [0.1, 0.15) is 15.8 Å². The third-order valence-corrected chi connectivity index (χ3v) is 7.38. The zero-order valence-corrected chi connectivity index (χ0v) is 24.3. The Bertz CT molecular complexity index is 1360. The van der Waals surface area contributed by atoms with E-state index < -0.39 is 5.97 Å². The minimum absolute atomic E-state index is 0.0737. The number of nitrogens with one attached hydrogen (secondary N) is 2. The lowest BCUT2D eigenvalue weighted by molar-refractivity contribution is -0.134. The topological polar surface area (TPSA) is 116 Å². The zero-order valence-electron chi connectivity index (χ0n) is 22.6. The van der Waals surface area contributed by atoms with Crippen molar-refractivity contribution in [3.05, 3.63) is 57.4 Å². The summed E-state index contributed by atoms with van der Waals surface area (Å²) in [6, 6.07) is 3.88. The molecule has 0 saturated carbocycles. The molecule has 2 aromatic rings. The van der Waals surface area contributed by atoms with Gasteiger partial charge in [-0.3, -0.25) is 23.7 Å². The van der Waals surface area contributed by atoms with Crippen LogP contribution in [0.2, 0.25) is 0 Å². The predicted molar refractivity (Wildman–Crippen MR) is 158 cm³/mol. The van der Waals surface area contributed by atoms with E-state index in [0.717, 1.165) is 25.3 Å². The van der Waals surface area contributed by atoms with E-state index in [1.54, 1.807) is 18.3 Å². The SMILES string of the molecule is C=CCN1C(=O)C(=Cc2c(NC3CC(C)(C)NC(C)(C)C3)nc3ccc(C)cn3c2=O)SC1=S.CC(=O)O. The van der Waals surface area contributed by atoms with E-state index in [1.165, 1.54) is 21.1 Å². The van der Waals surface area contributed by atoms with Crippen LogP contribution < -0.4 is 16.2 Å². The summed E-state index contributed by atoms with van der Waals surface area (Å²) < 4.78 is 1.99. The summed E-state index contributed by atoms with van der Waals surface area (Å²) in [5, 5.41) is 14.7. The minimum Gasteiger partial charge on any atom is -0.481 e. The van der Waals surface area contributed by atoms with Gasteiger partial charge in [0, 0.05) is 36.8 Å². The number of aliphatic carboxylic acids is 1. The van der Waals surface area contributed by atoms with Gasteiger partial charge < -0.3 is 15.7 Å². The molecule has 1 amide bonds. The molecule has 0 radical (unpaired) electrons. The van der Waals surface area contributed by atoms with Gasteiger partial charge in [0.2, 0.25) is 0 Å². The van der Waals surface area contributed by atoms with Gasteiger partial charge in [0.25, 0.3) is 17.4 Å². The highest BCUT2D eigenvalue weighted by Crippen LogP contribution is 2.34. The van der Waals surface area contributed by atoms with Crippen molar-refractivity contribution >= 4 is 57.7 Å². The van der Waals surface area contributed by atoms with Crippen LogP contribution in [0, 0.1) is 6.92 Å². The number of rotatable bonds is 5. The predicted octanol–water partition coefficient (Wildman–Crippen LogP) is 4.20. The molecule has 0 unspecified atom stereocenters. The number of carbonyl (C=O) groups excluding carboxylic acids is 1. The summed E-state index contributed by atoms with van der Waals surface area (Å²) in [5.41, 5.74) is 1.49. The van der Waals surface area contributed by atoms with Crippen LogP contribution in [0.3, 0.4) is 0 Å². The third-order valence-electron chi connectivity index (χ3n) is 6.00. The van der Waals surface area contributed by atoms with Gasteiger partial charge in [0.15, 0.2) is 0 Å². The minimum atomic E-state index is -0.833. The van der Waals surface area contributed by atoms with Crippen molar-refractivity contribution < 1.29 is 14.7 Å². The van der Waals surface area contributed by atoms with Crippen LogP contribution in [0.1, 0.15) is 58.6 Å². The molecule has 0 aromatic carbocycles. The summed E-state index contributed by atoms with van der Waals surface area (Å²) >= 11 is 6.57. The van der Waals surface area contributed by atoms with Crippen LogP contribution >= 0.6 is 24.0 Å². The number of aromatic nitrogens is 2. The first-order chi connectivity index (χ1) is 17.6. The second-order valence-electron chi connectivity index (χ2n) is 10.9. The largest absolute Gasteiger partial charge is 0.481 e. The number of anilines is 1. The number of aryl methyl sites for hydroxylation is 1. The van der Waals surface area contributed by atoms with Crippen molar-refractivity contribution in [3.63, 3.8) is 0 Å². The number of thioether (sulfide) groups is 1. The van der Waals surface area contributed by atoms with E-state index in [1.807, 2.05) is 19.1 Å². The molecule has 2 saturated heterocycles. The first kappa shape index (κ1) is 29.5. The molecule has 2 aliphatic rings. The number of amides is 1. The fourth-order valence-corrected chi connectivity index (χ4v) is 6.29. The van der Waals surface area contributed by atoms with E-state index in [0.29, 0.717) is 32.8 Å². The number of carboxylic acids is 1. The van der Waals surface area contributed by atoms with E-state index in [4.69, 9.17) is 27.1 Å². The Morgan fingerprint density at radius 2 is 1.89 bits per heavy atom. The maximum atomic E-state index is 13.6. The van der Waals surface area contributed by atoms with Crippen molar-refractivity contribution in [1.29, 1.82) is 0 Å². The van der Waals surface area contributed by atoms with Crippen LogP contribution in [-0.2, 0) is 9.59 Å². The first-order valence-corrected chi connectivity index (χ1v) is 13.5. The Kier molecular flexibility index (Phi) is 8.85. The molecular formula is C27H35N5O4S2. The van der Waals surface area contributed by atoms with Gasteiger partial charge >= 0.3 is 0 Å². The van der Waals surface area contributed by atoms with E-state index in [2.05, 4.69) is 44.9 Å². The lowest BCUT2D eigenvalue weighted by Gasteiger charge is -2.46. The molecule has 2 aromatic heterocycles. The van der Waals surface area contributed by atoms with Crippen LogP contribution in [-0.4, -0.2) is 59.3 Å². The highest BCUT2D eigenvalue weighted by Gasteiger charge is 2.38. The molecule has 2 fully saturated rings. The zero-order chi connectivity index (χ0) is 28.4. The van der Waals surface area contributed by atoms with Crippen LogP contribution in [0.5, 0.6) is 0 Å². The van der Waals surface area contributed by atoms with Crippen molar-refractivity contribution in [1.82, 2.24) is 19.6 Å². The molecule has 38 heavy (non-hydrogen) atoms. The Labute approximate surface area is 232 Å². The van der Waals surface area contributed by atoms with Gasteiger partial charge in [-0.25, -0.2) is 4.98 Å². The number of fused-ring (bicyclic) bond motifs is 1. The number of piperidine rings is 1. The second kappa shape index (κ2) is 11.4. The number of carboxylic acid groups (broad SMARTS) is 1. The fraction of sp³-hybridized carbons (Fsp3) is 0.444. The van der Waals surface area contributed by atoms with Gasteiger partial charge in [-0.2, -0.15) is 0 Å². The molecule has 2 aliphatic heterocycles. The molecule has 3 N–H and O–H groups in total. The van der Waals surface area contributed by atoms with Crippen molar-refractivity contribution in [2.45, 2.75) is 71.5 Å². The maximum absolute atomic E-state index is 13.6. The first-order valence-electron chi connectivity index (χ1n) is 12.3. The van der Waals surface area contributed by atoms with E-state index in [-0.39, 0.29) is 28.6 Å². The van der Waals surface area contributed by atoms with Crippen molar-refractivity contribution in [2.75, 3.05) is 11.9 Å². The average molecular weight is 558 g/mol. The van der Waals surface area contributed by atoms with Crippen LogP contribution in [0.4, 0.5) is 5.82 Å². The molecule has 4 rings (SSSR count). The van der Waals surface area contributed by atoms with E-state index >= 15 is 0 Å². The fourth-order valence-electron chi connectivity index (χ4n) is 5.03. The molecule has 0 bridgehead atoms. The molecule has 4 heterocycles. The normalized spacial score (nSPS) is 19.8. The lowest BCUT2D eigenvalue weighted by Crippen LogP contribution is -2.60. The highest BCUT2D eigenvalue weighted by molar-refractivity contribution is 8.26. The standard InChI is InChI=1S/C25H31N5O2S2.C2H4O2/c1-7-10-29-22(32)18(34-23(29)33)11-17-20(26-16-12-24(3,4)28-25(5,6)13-16)27-19-9-8-15(2)14-30(19)21(17)31;1-2(3)4/h7-9,11,14,16,26,28H,1,10,12-13H2,2-6H3;1H3,(H,3,4). The molecular weight excluding hydrogens is 522 g/mol. The van der Waals surface area contributed by atoms with Crippen molar-refractivity contribution in [3.8, 4) is 0 Å². The molecule has 11 heteroatoms. The lowest BCUT2D eigenvalue weighted by atomic mass is 9.79. The summed E-state index contributed by atoms with van der Waals surface area (Å²) in [5.74, 6) is -0.569. The maximum Gasteiger partial charge on any atom is 0.300 e. The molecule has 9 nitrogen and oxygen atoms in total. The van der Waals surface area contributed by atoms with Crippen LogP contribution in [0.25, 0.3) is 11.7 Å². The summed E-state index contributed by atoms with van der Waals surface area (Å²) in [6.45, 7) is 15.8. The molecule has 0 atom stereocenters. The number of carbonyl (C=O) groups is 2. The molecule has 0 aliphatic carbocycles. The number of thiocarbonyl (C=S) groups is 1. The summed E-state index contributed by atoms with van der Waals surface area (Å²) in [6.07, 6.45) is 6.77. The average Bonchev–Trinajstić information content (AvgIpc) is 3.02. The third kappa shape index (κ3) is 7.09. The summed E-state index contributed by atoms with van der Waals surface area (Å²) in [4.78, 5) is 42.3. The number of nitrogens with zero attached hydrogens (tertiary/aromatic N) is 3.